The molecule has 0 heterocycles. The number of benzene rings is 2. The van der Waals surface area contributed by atoms with E-state index in [0.717, 1.165) is 17.7 Å². The fourth-order valence-electron chi connectivity index (χ4n) is 2.08. The maximum absolute atomic E-state index is 13.6. The van der Waals surface area contributed by atoms with Gasteiger partial charge in [-0.25, -0.2) is 8.78 Å². The van der Waals surface area contributed by atoms with Gasteiger partial charge in [-0.3, -0.25) is 4.79 Å². The summed E-state index contributed by atoms with van der Waals surface area (Å²) in [6.07, 6.45) is -0.129. The molecule has 0 spiro atoms. The second kappa shape index (κ2) is 6.48. The SMILES string of the molecule is CCOc1ccc(C)cc1C(=O)Cc1ccc(F)cc1F. The number of halogens is 2. The molecule has 0 aromatic heterocycles. The number of ether oxygens (including phenoxy) is 1. The third kappa shape index (κ3) is 3.66. The summed E-state index contributed by atoms with van der Waals surface area (Å²) in [4.78, 5) is 12.4. The van der Waals surface area contributed by atoms with Crippen molar-refractivity contribution in [1.29, 1.82) is 0 Å². The quantitative estimate of drug-likeness (QED) is 0.775. The van der Waals surface area contributed by atoms with Crippen molar-refractivity contribution in [3.63, 3.8) is 0 Å². The summed E-state index contributed by atoms with van der Waals surface area (Å²) in [5.41, 5.74) is 1.51. The highest BCUT2D eigenvalue weighted by Crippen LogP contribution is 2.23. The molecule has 0 saturated heterocycles. The van der Waals surface area contributed by atoms with Crippen LogP contribution in [-0.4, -0.2) is 12.4 Å². The lowest BCUT2D eigenvalue weighted by Crippen LogP contribution is -2.08. The van der Waals surface area contributed by atoms with E-state index in [-0.39, 0.29) is 17.8 Å². The number of carbonyl (C=O) groups is 1. The van der Waals surface area contributed by atoms with E-state index in [2.05, 4.69) is 0 Å². The predicted octanol–water partition coefficient (Wildman–Crippen LogP) is 4.10. The molecule has 2 nitrogen and oxygen atoms in total. The number of hydrogen-bond donors (Lipinski definition) is 0. The van der Waals surface area contributed by atoms with Gasteiger partial charge < -0.3 is 4.74 Å². The Morgan fingerprint density at radius 1 is 1.14 bits per heavy atom. The molecule has 0 aliphatic heterocycles. The first-order valence-corrected chi connectivity index (χ1v) is 6.72. The highest BCUT2D eigenvalue weighted by molar-refractivity contribution is 6.00. The lowest BCUT2D eigenvalue weighted by atomic mass is 10.00. The van der Waals surface area contributed by atoms with E-state index in [1.807, 2.05) is 19.9 Å². The molecule has 0 radical (unpaired) electrons. The van der Waals surface area contributed by atoms with Gasteiger partial charge in [-0.15, -0.1) is 0 Å². The lowest BCUT2D eigenvalue weighted by Gasteiger charge is -2.10. The van der Waals surface area contributed by atoms with Crippen LogP contribution in [0.1, 0.15) is 28.4 Å². The Morgan fingerprint density at radius 2 is 1.90 bits per heavy atom. The Hall–Kier alpha value is -2.23. The summed E-state index contributed by atoms with van der Waals surface area (Å²) in [7, 11) is 0. The van der Waals surface area contributed by atoms with E-state index in [1.165, 1.54) is 6.07 Å². The minimum atomic E-state index is -0.714. The molecule has 0 bridgehead atoms. The van der Waals surface area contributed by atoms with Crippen molar-refractivity contribution in [3.05, 3.63) is 64.7 Å². The molecule has 0 saturated carbocycles. The third-order valence-corrected chi connectivity index (χ3v) is 3.10. The highest BCUT2D eigenvalue weighted by Gasteiger charge is 2.15. The van der Waals surface area contributed by atoms with Gasteiger partial charge in [0.15, 0.2) is 5.78 Å². The summed E-state index contributed by atoms with van der Waals surface area (Å²) in [6.45, 7) is 4.13. The molecule has 0 aliphatic rings. The standard InChI is InChI=1S/C17H16F2O2/c1-3-21-17-7-4-11(2)8-14(17)16(20)9-12-5-6-13(18)10-15(12)19/h4-8,10H,3,9H2,1-2H3. The fourth-order valence-corrected chi connectivity index (χ4v) is 2.08. The van der Waals surface area contributed by atoms with Crippen molar-refractivity contribution >= 4 is 5.78 Å². The molecular formula is C17H16F2O2. The maximum Gasteiger partial charge on any atom is 0.171 e. The Labute approximate surface area is 122 Å². The number of rotatable bonds is 5. The first-order chi connectivity index (χ1) is 10.0. The van der Waals surface area contributed by atoms with Gasteiger partial charge in [-0.2, -0.15) is 0 Å². The monoisotopic (exact) mass is 290 g/mol. The van der Waals surface area contributed by atoms with Crippen molar-refractivity contribution in [2.24, 2.45) is 0 Å². The number of ketones is 1. The fraction of sp³-hybridized carbons (Fsp3) is 0.235. The van der Waals surface area contributed by atoms with Gasteiger partial charge in [0.2, 0.25) is 0 Å². The molecule has 110 valence electrons. The van der Waals surface area contributed by atoms with Gasteiger partial charge in [0.25, 0.3) is 0 Å². The molecule has 4 heteroatoms. The van der Waals surface area contributed by atoms with Crippen LogP contribution in [0.2, 0.25) is 0 Å². The van der Waals surface area contributed by atoms with Crippen molar-refractivity contribution in [3.8, 4) is 5.75 Å². The van der Waals surface area contributed by atoms with Gasteiger partial charge >= 0.3 is 0 Å². The zero-order chi connectivity index (χ0) is 15.4. The van der Waals surface area contributed by atoms with Crippen molar-refractivity contribution in [2.75, 3.05) is 6.61 Å². The minimum Gasteiger partial charge on any atom is -0.493 e. The van der Waals surface area contributed by atoms with Crippen LogP contribution < -0.4 is 4.74 Å². The summed E-state index contributed by atoms with van der Waals surface area (Å²) in [6, 6.07) is 8.51. The van der Waals surface area contributed by atoms with Crippen LogP contribution in [0.3, 0.4) is 0 Å². The van der Waals surface area contributed by atoms with E-state index in [9.17, 15) is 13.6 Å². The van der Waals surface area contributed by atoms with E-state index in [4.69, 9.17) is 4.74 Å². The lowest BCUT2D eigenvalue weighted by molar-refractivity contribution is 0.0988. The Kier molecular flexibility index (Phi) is 4.68. The molecule has 0 aliphatic carbocycles. The van der Waals surface area contributed by atoms with Crippen LogP contribution in [0.25, 0.3) is 0 Å². The van der Waals surface area contributed by atoms with E-state index < -0.39 is 11.6 Å². The second-order valence-electron chi connectivity index (χ2n) is 4.77. The second-order valence-corrected chi connectivity index (χ2v) is 4.77. The number of carbonyl (C=O) groups excluding carboxylic acids is 1. The molecule has 2 aromatic rings. The normalized spacial score (nSPS) is 10.5. The van der Waals surface area contributed by atoms with Crippen LogP contribution in [0.15, 0.2) is 36.4 Å². The molecule has 2 rings (SSSR count). The number of aryl methyl sites for hydroxylation is 1. The van der Waals surface area contributed by atoms with Gasteiger partial charge in [0.05, 0.1) is 12.2 Å². The van der Waals surface area contributed by atoms with Crippen molar-refractivity contribution in [2.45, 2.75) is 20.3 Å². The topological polar surface area (TPSA) is 26.3 Å². The summed E-state index contributed by atoms with van der Waals surface area (Å²) in [5, 5.41) is 0. The highest BCUT2D eigenvalue weighted by atomic mass is 19.1. The van der Waals surface area contributed by atoms with Gasteiger partial charge in [-0.05, 0) is 37.6 Å². The molecule has 0 fully saturated rings. The van der Waals surface area contributed by atoms with Crippen LogP contribution in [-0.2, 0) is 6.42 Å². The predicted molar refractivity (Wildman–Crippen MR) is 76.7 cm³/mol. The zero-order valence-electron chi connectivity index (χ0n) is 12.0. The van der Waals surface area contributed by atoms with Crippen molar-refractivity contribution < 1.29 is 18.3 Å². The summed E-state index contributed by atoms with van der Waals surface area (Å²) >= 11 is 0. The Bertz CT molecular complexity index is 666. The molecule has 0 atom stereocenters. The first-order valence-electron chi connectivity index (χ1n) is 6.72. The molecule has 21 heavy (non-hydrogen) atoms. The van der Waals surface area contributed by atoms with Gasteiger partial charge in [0.1, 0.15) is 17.4 Å². The van der Waals surface area contributed by atoms with Crippen molar-refractivity contribution in [1.82, 2.24) is 0 Å². The largest absolute Gasteiger partial charge is 0.493 e. The number of hydrogen-bond acceptors (Lipinski definition) is 2. The molecule has 2 aromatic carbocycles. The summed E-state index contributed by atoms with van der Waals surface area (Å²) in [5.74, 6) is -1.15. The Balaban J connectivity index is 2.29. The molecule has 0 unspecified atom stereocenters. The third-order valence-electron chi connectivity index (χ3n) is 3.10. The summed E-state index contributed by atoms with van der Waals surface area (Å²) < 4.78 is 31.9. The van der Waals surface area contributed by atoms with Gasteiger partial charge in [0, 0.05) is 12.5 Å². The average Bonchev–Trinajstić information content (AvgIpc) is 2.44. The van der Waals surface area contributed by atoms with Crippen LogP contribution in [0.4, 0.5) is 8.78 Å². The van der Waals surface area contributed by atoms with Crippen LogP contribution >= 0.6 is 0 Å². The zero-order valence-corrected chi connectivity index (χ0v) is 12.0. The van der Waals surface area contributed by atoms with Gasteiger partial charge in [-0.1, -0.05) is 17.7 Å². The minimum absolute atomic E-state index is 0.129. The van der Waals surface area contributed by atoms with Crippen LogP contribution in [0.5, 0.6) is 5.75 Å². The average molecular weight is 290 g/mol. The smallest absolute Gasteiger partial charge is 0.171 e. The first kappa shape index (κ1) is 15.2. The Morgan fingerprint density at radius 3 is 2.57 bits per heavy atom. The van der Waals surface area contributed by atoms with E-state index in [0.29, 0.717) is 17.9 Å². The molecule has 0 amide bonds. The maximum atomic E-state index is 13.6. The molecule has 0 N–H and O–H groups in total. The van der Waals surface area contributed by atoms with E-state index in [1.54, 1.807) is 12.1 Å². The number of Topliss-reactive ketones (excluding diaryl/α,β-unsaturated/α-hetero) is 1. The molecular weight excluding hydrogens is 274 g/mol. The van der Waals surface area contributed by atoms with E-state index >= 15 is 0 Å². The van der Waals surface area contributed by atoms with Crippen LogP contribution in [0, 0.1) is 18.6 Å².